The quantitative estimate of drug-likeness (QED) is 0.942. The smallest absolute Gasteiger partial charge is 0.401 e. The SMILES string of the molecule is FC(F)(F)CN1CC[C@H](CNc2nc3ccccc3o2)C1. The van der Waals surface area contributed by atoms with Crippen molar-refractivity contribution >= 4 is 17.1 Å². The monoisotopic (exact) mass is 299 g/mol. The van der Waals surface area contributed by atoms with E-state index in [0.29, 0.717) is 31.2 Å². The molecule has 0 bridgehead atoms. The summed E-state index contributed by atoms with van der Waals surface area (Å²) in [5.41, 5.74) is 1.47. The van der Waals surface area contributed by atoms with Gasteiger partial charge in [0.25, 0.3) is 6.01 Å². The molecule has 7 heteroatoms. The normalized spacial score (nSPS) is 20.2. The Morgan fingerprint density at radius 2 is 2.14 bits per heavy atom. The number of nitrogens with zero attached hydrogens (tertiary/aromatic N) is 2. The van der Waals surface area contributed by atoms with Crippen LogP contribution >= 0.6 is 0 Å². The molecule has 0 saturated carbocycles. The molecule has 2 heterocycles. The van der Waals surface area contributed by atoms with Gasteiger partial charge in [-0.3, -0.25) is 4.90 Å². The van der Waals surface area contributed by atoms with Crippen LogP contribution in [-0.4, -0.2) is 42.2 Å². The molecule has 1 atom stereocenters. The fraction of sp³-hybridized carbons (Fsp3) is 0.500. The average Bonchev–Trinajstić information content (AvgIpc) is 3.00. The first-order chi connectivity index (χ1) is 9.99. The summed E-state index contributed by atoms with van der Waals surface area (Å²) in [7, 11) is 0. The van der Waals surface area contributed by atoms with Crippen LogP contribution in [-0.2, 0) is 0 Å². The van der Waals surface area contributed by atoms with Gasteiger partial charge in [0.2, 0.25) is 0 Å². The molecule has 0 spiro atoms. The molecule has 1 N–H and O–H groups in total. The zero-order valence-electron chi connectivity index (χ0n) is 11.4. The molecule has 0 amide bonds. The van der Waals surface area contributed by atoms with Crippen molar-refractivity contribution in [2.75, 3.05) is 31.5 Å². The van der Waals surface area contributed by atoms with Crippen LogP contribution in [0.1, 0.15) is 6.42 Å². The number of likely N-dealkylation sites (tertiary alicyclic amines) is 1. The van der Waals surface area contributed by atoms with Gasteiger partial charge in [0, 0.05) is 13.1 Å². The maximum absolute atomic E-state index is 12.3. The van der Waals surface area contributed by atoms with Crippen molar-refractivity contribution in [1.82, 2.24) is 9.88 Å². The van der Waals surface area contributed by atoms with Crippen molar-refractivity contribution in [3.8, 4) is 0 Å². The Labute approximate surface area is 119 Å². The van der Waals surface area contributed by atoms with Crippen LogP contribution in [0.4, 0.5) is 19.2 Å². The van der Waals surface area contributed by atoms with Crippen molar-refractivity contribution in [3.63, 3.8) is 0 Å². The number of benzene rings is 1. The molecule has 0 radical (unpaired) electrons. The number of aromatic nitrogens is 1. The Hall–Kier alpha value is -1.76. The van der Waals surface area contributed by atoms with Gasteiger partial charge >= 0.3 is 6.18 Å². The second-order valence-electron chi connectivity index (χ2n) is 5.37. The van der Waals surface area contributed by atoms with E-state index in [1.165, 1.54) is 4.90 Å². The first-order valence-electron chi connectivity index (χ1n) is 6.88. The molecule has 1 aliphatic rings. The maximum Gasteiger partial charge on any atom is 0.401 e. The second kappa shape index (κ2) is 5.55. The van der Waals surface area contributed by atoms with E-state index < -0.39 is 12.7 Å². The van der Waals surface area contributed by atoms with E-state index in [1.54, 1.807) is 0 Å². The molecule has 21 heavy (non-hydrogen) atoms. The Kier molecular flexibility index (Phi) is 3.75. The van der Waals surface area contributed by atoms with Gasteiger partial charge in [-0.2, -0.15) is 18.2 Å². The Morgan fingerprint density at radius 3 is 2.90 bits per heavy atom. The van der Waals surface area contributed by atoms with Gasteiger partial charge in [0.05, 0.1) is 6.54 Å². The van der Waals surface area contributed by atoms with E-state index in [0.717, 1.165) is 11.9 Å². The van der Waals surface area contributed by atoms with E-state index in [1.807, 2.05) is 24.3 Å². The lowest BCUT2D eigenvalue weighted by molar-refractivity contribution is -0.143. The van der Waals surface area contributed by atoms with Gasteiger partial charge in [-0.25, -0.2) is 0 Å². The molecule has 114 valence electrons. The zero-order chi connectivity index (χ0) is 14.9. The number of rotatable bonds is 4. The molecular weight excluding hydrogens is 283 g/mol. The lowest BCUT2D eigenvalue weighted by Gasteiger charge is -2.17. The highest BCUT2D eigenvalue weighted by molar-refractivity contribution is 5.74. The molecule has 0 aliphatic carbocycles. The van der Waals surface area contributed by atoms with Crippen molar-refractivity contribution in [3.05, 3.63) is 24.3 Å². The standard InChI is InChI=1S/C14H16F3N3O/c15-14(16,17)9-20-6-5-10(8-20)7-18-13-19-11-3-1-2-4-12(11)21-13/h1-4,10H,5-9H2,(H,18,19)/t10-/m1/s1. The van der Waals surface area contributed by atoms with Crippen LogP contribution in [0.2, 0.25) is 0 Å². The van der Waals surface area contributed by atoms with Crippen molar-refractivity contribution in [2.24, 2.45) is 5.92 Å². The van der Waals surface area contributed by atoms with E-state index in [4.69, 9.17) is 4.42 Å². The minimum Gasteiger partial charge on any atom is -0.424 e. The number of fused-ring (bicyclic) bond motifs is 1. The van der Waals surface area contributed by atoms with Gasteiger partial charge in [0.15, 0.2) is 5.58 Å². The number of hydrogen-bond donors (Lipinski definition) is 1. The average molecular weight is 299 g/mol. The second-order valence-corrected chi connectivity index (χ2v) is 5.37. The van der Waals surface area contributed by atoms with E-state index in [2.05, 4.69) is 10.3 Å². The molecule has 1 saturated heterocycles. The summed E-state index contributed by atoms with van der Waals surface area (Å²) < 4.78 is 42.5. The Morgan fingerprint density at radius 1 is 1.33 bits per heavy atom. The van der Waals surface area contributed by atoms with Crippen LogP contribution in [0.5, 0.6) is 0 Å². The number of hydrogen-bond acceptors (Lipinski definition) is 4. The summed E-state index contributed by atoms with van der Waals surface area (Å²) in [5.74, 6) is 0.183. The summed E-state index contributed by atoms with van der Waals surface area (Å²) >= 11 is 0. The highest BCUT2D eigenvalue weighted by atomic mass is 19.4. The fourth-order valence-electron chi connectivity index (χ4n) is 2.66. The first kappa shape index (κ1) is 14.2. The lowest BCUT2D eigenvalue weighted by Crippen LogP contribution is -2.33. The molecule has 1 fully saturated rings. The maximum atomic E-state index is 12.3. The van der Waals surface area contributed by atoms with E-state index >= 15 is 0 Å². The van der Waals surface area contributed by atoms with Gasteiger partial charge in [-0.1, -0.05) is 12.1 Å². The van der Waals surface area contributed by atoms with Crippen LogP contribution in [0.15, 0.2) is 28.7 Å². The third-order valence-corrected chi connectivity index (χ3v) is 3.61. The van der Waals surface area contributed by atoms with E-state index in [9.17, 15) is 13.2 Å². The molecule has 2 aromatic rings. The van der Waals surface area contributed by atoms with Crippen molar-refractivity contribution in [2.45, 2.75) is 12.6 Å². The minimum absolute atomic E-state index is 0.183. The molecule has 3 rings (SSSR count). The van der Waals surface area contributed by atoms with Crippen LogP contribution < -0.4 is 5.32 Å². The lowest BCUT2D eigenvalue weighted by atomic mass is 10.1. The number of para-hydroxylation sites is 2. The summed E-state index contributed by atoms with van der Waals surface area (Å²) in [6.07, 6.45) is -3.37. The fourth-order valence-corrected chi connectivity index (χ4v) is 2.66. The van der Waals surface area contributed by atoms with Crippen molar-refractivity contribution in [1.29, 1.82) is 0 Å². The molecule has 1 aliphatic heterocycles. The van der Waals surface area contributed by atoms with Crippen LogP contribution in [0.25, 0.3) is 11.1 Å². The predicted octanol–water partition coefficient (Wildman–Crippen LogP) is 3.12. The summed E-state index contributed by atoms with van der Waals surface area (Å²) in [5, 5.41) is 3.07. The first-order valence-corrected chi connectivity index (χ1v) is 6.88. The number of halogens is 3. The highest BCUT2D eigenvalue weighted by Gasteiger charge is 2.34. The molecule has 1 aromatic carbocycles. The summed E-state index contributed by atoms with van der Waals surface area (Å²) in [6.45, 7) is 0.680. The highest BCUT2D eigenvalue weighted by Crippen LogP contribution is 2.24. The van der Waals surface area contributed by atoms with Gasteiger partial charge < -0.3 is 9.73 Å². The third-order valence-electron chi connectivity index (χ3n) is 3.61. The number of oxazole rings is 1. The number of anilines is 1. The third kappa shape index (κ3) is 3.66. The summed E-state index contributed by atoms with van der Waals surface area (Å²) in [4.78, 5) is 5.72. The predicted molar refractivity (Wildman–Crippen MR) is 73.1 cm³/mol. The minimum atomic E-state index is -4.12. The molecular formula is C14H16F3N3O. The van der Waals surface area contributed by atoms with Crippen LogP contribution in [0.3, 0.4) is 0 Å². The van der Waals surface area contributed by atoms with Crippen molar-refractivity contribution < 1.29 is 17.6 Å². The summed E-state index contributed by atoms with van der Waals surface area (Å²) in [6, 6.07) is 7.84. The number of alkyl halides is 3. The zero-order valence-corrected chi connectivity index (χ0v) is 11.4. The molecule has 1 aromatic heterocycles. The van der Waals surface area contributed by atoms with Gasteiger partial charge in [-0.15, -0.1) is 0 Å². The molecule has 4 nitrogen and oxygen atoms in total. The van der Waals surface area contributed by atoms with Crippen LogP contribution in [0, 0.1) is 5.92 Å². The van der Waals surface area contributed by atoms with Gasteiger partial charge in [0.1, 0.15) is 5.52 Å². The Balaban J connectivity index is 1.52. The topological polar surface area (TPSA) is 41.3 Å². The van der Waals surface area contributed by atoms with E-state index in [-0.39, 0.29) is 5.92 Å². The largest absolute Gasteiger partial charge is 0.424 e. The number of nitrogens with one attached hydrogen (secondary N) is 1. The van der Waals surface area contributed by atoms with Gasteiger partial charge in [-0.05, 0) is 31.0 Å². The Bertz CT molecular complexity index is 578. The molecule has 0 unspecified atom stereocenters.